The first-order valence-electron chi connectivity index (χ1n) is 10.5. The SMILES string of the molecule is O=C(NC(Cc1ncc[nH]1)c1ccccc1)C1CCCN(C(=O)c2ccc(Cl)cc2)C1. The van der Waals surface area contributed by atoms with Crippen molar-refractivity contribution in [3.8, 4) is 0 Å². The Morgan fingerprint density at radius 3 is 2.65 bits per heavy atom. The molecule has 31 heavy (non-hydrogen) atoms. The number of hydrogen-bond acceptors (Lipinski definition) is 3. The Kier molecular flexibility index (Phi) is 6.67. The van der Waals surface area contributed by atoms with E-state index in [0.717, 1.165) is 24.2 Å². The maximum Gasteiger partial charge on any atom is 0.253 e. The van der Waals surface area contributed by atoms with E-state index in [4.69, 9.17) is 11.6 Å². The molecule has 1 fully saturated rings. The van der Waals surface area contributed by atoms with Crippen LogP contribution in [0.5, 0.6) is 0 Å². The van der Waals surface area contributed by atoms with E-state index in [2.05, 4.69) is 15.3 Å². The highest BCUT2D eigenvalue weighted by molar-refractivity contribution is 6.30. The van der Waals surface area contributed by atoms with E-state index in [1.807, 2.05) is 30.3 Å². The molecular formula is C24H25ClN4O2. The van der Waals surface area contributed by atoms with Crippen LogP contribution in [0.15, 0.2) is 67.0 Å². The molecule has 0 bridgehead atoms. The van der Waals surface area contributed by atoms with Gasteiger partial charge in [-0.25, -0.2) is 4.98 Å². The highest BCUT2D eigenvalue weighted by Crippen LogP contribution is 2.22. The molecule has 2 heterocycles. The molecule has 0 aliphatic carbocycles. The summed E-state index contributed by atoms with van der Waals surface area (Å²) in [4.78, 5) is 35.2. The molecule has 1 aromatic heterocycles. The number of nitrogens with zero attached hydrogens (tertiary/aromatic N) is 2. The smallest absolute Gasteiger partial charge is 0.253 e. The molecule has 2 N–H and O–H groups in total. The number of aromatic amines is 1. The number of imidazole rings is 1. The molecule has 2 amide bonds. The number of nitrogens with one attached hydrogen (secondary N) is 2. The third kappa shape index (κ3) is 5.33. The van der Waals surface area contributed by atoms with Crippen LogP contribution in [0, 0.1) is 5.92 Å². The molecular weight excluding hydrogens is 412 g/mol. The summed E-state index contributed by atoms with van der Waals surface area (Å²) in [5.74, 6) is 0.475. The van der Waals surface area contributed by atoms with Crippen LogP contribution >= 0.6 is 11.6 Å². The number of piperidine rings is 1. The number of halogens is 1. The molecule has 2 atom stereocenters. The fourth-order valence-electron chi connectivity index (χ4n) is 3.98. The standard InChI is InChI=1S/C24H25ClN4O2/c25-20-10-8-18(9-11-20)24(31)29-14-4-7-19(16-29)23(30)28-21(15-22-26-12-13-27-22)17-5-2-1-3-6-17/h1-3,5-6,8-13,19,21H,4,7,14-16H2,(H,26,27)(H,28,30). The number of aromatic nitrogens is 2. The van der Waals surface area contributed by atoms with Crippen LogP contribution in [-0.4, -0.2) is 39.8 Å². The van der Waals surface area contributed by atoms with E-state index in [9.17, 15) is 9.59 Å². The molecule has 0 saturated carbocycles. The lowest BCUT2D eigenvalue weighted by molar-refractivity contribution is -0.127. The Labute approximate surface area is 186 Å². The third-order valence-electron chi connectivity index (χ3n) is 5.64. The molecule has 3 aromatic rings. The zero-order chi connectivity index (χ0) is 21.6. The van der Waals surface area contributed by atoms with Gasteiger partial charge in [0.1, 0.15) is 5.82 Å². The lowest BCUT2D eigenvalue weighted by Crippen LogP contribution is -2.46. The van der Waals surface area contributed by atoms with Crippen molar-refractivity contribution in [2.24, 2.45) is 5.92 Å². The molecule has 160 valence electrons. The van der Waals surface area contributed by atoms with E-state index in [0.29, 0.717) is 30.1 Å². The minimum atomic E-state index is -0.243. The number of amides is 2. The monoisotopic (exact) mass is 436 g/mol. The van der Waals surface area contributed by atoms with Crippen molar-refractivity contribution < 1.29 is 9.59 Å². The first kappa shape index (κ1) is 21.1. The first-order valence-corrected chi connectivity index (χ1v) is 10.9. The Morgan fingerprint density at radius 1 is 1.16 bits per heavy atom. The zero-order valence-corrected chi connectivity index (χ0v) is 17.9. The summed E-state index contributed by atoms with van der Waals surface area (Å²) in [5, 5.41) is 3.79. The summed E-state index contributed by atoms with van der Waals surface area (Å²) in [6.07, 6.45) is 5.62. The number of carbonyl (C=O) groups is 2. The van der Waals surface area contributed by atoms with E-state index in [1.165, 1.54) is 0 Å². The molecule has 1 aliphatic heterocycles. The molecule has 7 heteroatoms. The van der Waals surface area contributed by atoms with Crippen LogP contribution in [-0.2, 0) is 11.2 Å². The molecule has 1 saturated heterocycles. The van der Waals surface area contributed by atoms with Crippen LogP contribution < -0.4 is 5.32 Å². The first-order chi connectivity index (χ1) is 15.1. The van der Waals surface area contributed by atoms with Gasteiger partial charge in [-0.2, -0.15) is 0 Å². The summed E-state index contributed by atoms with van der Waals surface area (Å²) >= 11 is 5.93. The fraction of sp³-hybridized carbons (Fsp3) is 0.292. The molecule has 4 rings (SSSR count). The normalized spacial score (nSPS) is 17.2. The lowest BCUT2D eigenvalue weighted by atomic mass is 9.95. The Balaban J connectivity index is 1.44. The van der Waals surface area contributed by atoms with Crippen molar-refractivity contribution >= 4 is 23.4 Å². The van der Waals surface area contributed by atoms with Gasteiger partial charge < -0.3 is 15.2 Å². The maximum absolute atomic E-state index is 13.2. The molecule has 2 unspecified atom stereocenters. The van der Waals surface area contributed by atoms with Gasteiger partial charge in [-0.3, -0.25) is 9.59 Å². The van der Waals surface area contributed by atoms with Crippen molar-refractivity contribution in [1.29, 1.82) is 0 Å². The minimum Gasteiger partial charge on any atom is -0.349 e. The average molecular weight is 437 g/mol. The summed E-state index contributed by atoms with van der Waals surface area (Å²) in [6, 6.07) is 16.6. The van der Waals surface area contributed by atoms with Crippen LogP contribution in [0.4, 0.5) is 0 Å². The third-order valence-corrected chi connectivity index (χ3v) is 5.89. The Bertz CT molecular complexity index is 1010. The van der Waals surface area contributed by atoms with Crippen LogP contribution in [0.1, 0.15) is 40.6 Å². The van der Waals surface area contributed by atoms with Gasteiger partial charge in [-0.05, 0) is 42.7 Å². The number of carbonyl (C=O) groups excluding carboxylic acids is 2. The minimum absolute atomic E-state index is 0.0333. The van der Waals surface area contributed by atoms with Gasteiger partial charge in [0.25, 0.3) is 5.91 Å². The summed E-state index contributed by atoms with van der Waals surface area (Å²) in [5.41, 5.74) is 1.61. The van der Waals surface area contributed by atoms with Crippen molar-refractivity contribution in [2.75, 3.05) is 13.1 Å². The fourth-order valence-corrected chi connectivity index (χ4v) is 4.11. The van der Waals surface area contributed by atoms with Crippen molar-refractivity contribution in [3.63, 3.8) is 0 Å². The molecule has 0 radical (unpaired) electrons. The predicted molar refractivity (Wildman–Crippen MR) is 120 cm³/mol. The summed E-state index contributed by atoms with van der Waals surface area (Å²) in [6.45, 7) is 1.06. The van der Waals surface area contributed by atoms with Gasteiger partial charge >= 0.3 is 0 Å². The van der Waals surface area contributed by atoms with Crippen molar-refractivity contribution in [1.82, 2.24) is 20.2 Å². The van der Waals surface area contributed by atoms with Crippen LogP contribution in [0.25, 0.3) is 0 Å². The molecule has 1 aliphatic rings. The molecule has 6 nitrogen and oxygen atoms in total. The number of benzene rings is 2. The van der Waals surface area contributed by atoms with Gasteiger partial charge in [0.15, 0.2) is 0 Å². The van der Waals surface area contributed by atoms with Crippen molar-refractivity contribution in [3.05, 3.63) is 89.0 Å². The number of likely N-dealkylation sites (tertiary alicyclic amines) is 1. The van der Waals surface area contributed by atoms with Gasteiger partial charge in [-0.15, -0.1) is 0 Å². The summed E-state index contributed by atoms with van der Waals surface area (Å²) in [7, 11) is 0. The second kappa shape index (κ2) is 9.79. The topological polar surface area (TPSA) is 78.1 Å². The zero-order valence-electron chi connectivity index (χ0n) is 17.1. The Hall–Kier alpha value is -3.12. The molecule has 0 spiro atoms. The second-order valence-electron chi connectivity index (χ2n) is 7.81. The van der Waals surface area contributed by atoms with Gasteiger partial charge in [0, 0.05) is 42.5 Å². The average Bonchev–Trinajstić information content (AvgIpc) is 3.32. The van der Waals surface area contributed by atoms with E-state index < -0.39 is 0 Å². The number of H-pyrrole nitrogens is 1. The number of hydrogen-bond donors (Lipinski definition) is 2. The largest absolute Gasteiger partial charge is 0.349 e. The summed E-state index contributed by atoms with van der Waals surface area (Å²) < 4.78 is 0. The van der Waals surface area contributed by atoms with Crippen molar-refractivity contribution in [2.45, 2.75) is 25.3 Å². The number of rotatable bonds is 6. The highest BCUT2D eigenvalue weighted by atomic mass is 35.5. The lowest BCUT2D eigenvalue weighted by Gasteiger charge is -2.33. The van der Waals surface area contributed by atoms with Gasteiger partial charge in [0.05, 0.1) is 12.0 Å². The van der Waals surface area contributed by atoms with Crippen LogP contribution in [0.3, 0.4) is 0 Å². The highest BCUT2D eigenvalue weighted by Gasteiger charge is 2.30. The van der Waals surface area contributed by atoms with E-state index in [-0.39, 0.29) is 23.8 Å². The van der Waals surface area contributed by atoms with Crippen LogP contribution in [0.2, 0.25) is 5.02 Å². The Morgan fingerprint density at radius 2 is 1.94 bits per heavy atom. The second-order valence-corrected chi connectivity index (χ2v) is 8.25. The van der Waals surface area contributed by atoms with Gasteiger partial charge in [-0.1, -0.05) is 41.9 Å². The van der Waals surface area contributed by atoms with E-state index in [1.54, 1.807) is 41.6 Å². The predicted octanol–water partition coefficient (Wildman–Crippen LogP) is 4.02. The van der Waals surface area contributed by atoms with E-state index >= 15 is 0 Å². The quantitative estimate of drug-likeness (QED) is 0.612. The molecule has 2 aromatic carbocycles. The van der Waals surface area contributed by atoms with Gasteiger partial charge in [0.2, 0.25) is 5.91 Å². The maximum atomic E-state index is 13.2.